The van der Waals surface area contributed by atoms with E-state index in [1.54, 1.807) is 0 Å². The number of rotatable bonds is 7. The first-order valence-corrected chi connectivity index (χ1v) is 11.9. The number of amides is 2. The van der Waals surface area contributed by atoms with Crippen molar-refractivity contribution >= 4 is 11.8 Å². The molecule has 1 N–H and O–H groups in total. The Morgan fingerprint density at radius 2 is 1.73 bits per heavy atom. The lowest BCUT2D eigenvalue weighted by molar-refractivity contribution is -0.133. The SMILES string of the molecule is CCCNC(=O)Cc1c(C)nc(C2CCCN(C(=O)CC3CCCCC3)C2)nc1C. The van der Waals surface area contributed by atoms with Crippen molar-refractivity contribution in [1.82, 2.24) is 20.2 Å². The first kappa shape index (κ1) is 22.7. The number of carbonyl (C=O) groups is 2. The Kier molecular flexibility index (Phi) is 8.23. The summed E-state index contributed by atoms with van der Waals surface area (Å²) in [6, 6.07) is 0. The molecule has 1 aromatic rings. The summed E-state index contributed by atoms with van der Waals surface area (Å²) >= 11 is 0. The molecule has 6 nitrogen and oxygen atoms in total. The summed E-state index contributed by atoms with van der Waals surface area (Å²) < 4.78 is 0. The first-order valence-electron chi connectivity index (χ1n) is 11.9. The van der Waals surface area contributed by atoms with Gasteiger partial charge in [-0.1, -0.05) is 26.2 Å². The second kappa shape index (κ2) is 10.9. The maximum Gasteiger partial charge on any atom is 0.224 e. The lowest BCUT2D eigenvalue weighted by Crippen LogP contribution is -2.40. The van der Waals surface area contributed by atoms with Gasteiger partial charge in [-0.3, -0.25) is 9.59 Å². The van der Waals surface area contributed by atoms with E-state index in [1.165, 1.54) is 32.1 Å². The van der Waals surface area contributed by atoms with Gasteiger partial charge in [-0.15, -0.1) is 0 Å². The predicted octanol–water partition coefficient (Wildman–Crippen LogP) is 3.84. The van der Waals surface area contributed by atoms with E-state index in [-0.39, 0.29) is 11.8 Å². The van der Waals surface area contributed by atoms with Crippen LogP contribution in [-0.2, 0) is 16.0 Å². The van der Waals surface area contributed by atoms with Crippen molar-refractivity contribution in [2.75, 3.05) is 19.6 Å². The molecule has 166 valence electrons. The standard InChI is InChI=1S/C24H38N4O2/c1-4-12-25-22(29)15-21-17(2)26-24(27-18(21)3)20-11-8-13-28(16-20)23(30)14-19-9-6-5-7-10-19/h19-20H,4-16H2,1-3H3,(H,25,29). The zero-order valence-electron chi connectivity index (χ0n) is 19.0. The lowest BCUT2D eigenvalue weighted by atomic mass is 9.86. The fraction of sp³-hybridized carbons (Fsp3) is 0.750. The molecule has 1 aliphatic heterocycles. The summed E-state index contributed by atoms with van der Waals surface area (Å²) in [6.45, 7) is 8.26. The van der Waals surface area contributed by atoms with Crippen LogP contribution in [0.4, 0.5) is 0 Å². The number of likely N-dealkylation sites (tertiary alicyclic amines) is 1. The number of aromatic nitrogens is 2. The molecular formula is C24H38N4O2. The maximum absolute atomic E-state index is 12.9. The van der Waals surface area contributed by atoms with Crippen LogP contribution in [0.3, 0.4) is 0 Å². The van der Waals surface area contributed by atoms with Crippen LogP contribution in [0, 0.1) is 19.8 Å². The fourth-order valence-electron chi connectivity index (χ4n) is 4.87. The Balaban J connectivity index is 1.63. The van der Waals surface area contributed by atoms with Crippen LogP contribution in [0.5, 0.6) is 0 Å². The van der Waals surface area contributed by atoms with Gasteiger partial charge < -0.3 is 10.2 Å². The molecule has 2 heterocycles. The molecule has 0 spiro atoms. The minimum atomic E-state index is 0.0246. The summed E-state index contributed by atoms with van der Waals surface area (Å²) in [5.41, 5.74) is 2.69. The molecule has 1 atom stereocenters. The van der Waals surface area contributed by atoms with Crippen molar-refractivity contribution in [3.05, 3.63) is 22.8 Å². The molecule has 2 amide bonds. The number of piperidine rings is 1. The Labute approximate surface area is 181 Å². The monoisotopic (exact) mass is 414 g/mol. The third-order valence-electron chi connectivity index (χ3n) is 6.67. The normalized spacial score (nSPS) is 20.2. The fourth-order valence-corrected chi connectivity index (χ4v) is 4.87. The van der Waals surface area contributed by atoms with E-state index in [2.05, 4.69) is 5.32 Å². The highest BCUT2D eigenvalue weighted by molar-refractivity contribution is 5.79. The van der Waals surface area contributed by atoms with Crippen molar-refractivity contribution in [2.24, 2.45) is 5.92 Å². The summed E-state index contributed by atoms with van der Waals surface area (Å²) in [4.78, 5) is 36.6. The molecule has 3 rings (SSSR count). The molecule has 2 aliphatic rings. The summed E-state index contributed by atoms with van der Waals surface area (Å²) in [5.74, 6) is 1.93. The lowest BCUT2D eigenvalue weighted by Gasteiger charge is -2.34. The summed E-state index contributed by atoms with van der Waals surface area (Å²) in [7, 11) is 0. The van der Waals surface area contributed by atoms with Gasteiger partial charge in [0.1, 0.15) is 5.82 Å². The Hall–Kier alpha value is -1.98. The van der Waals surface area contributed by atoms with Gasteiger partial charge in [-0.05, 0) is 51.9 Å². The Morgan fingerprint density at radius 3 is 2.40 bits per heavy atom. The maximum atomic E-state index is 12.9. The molecule has 1 aromatic heterocycles. The van der Waals surface area contributed by atoms with Crippen molar-refractivity contribution in [2.45, 2.75) is 90.9 Å². The number of hydrogen-bond donors (Lipinski definition) is 1. The quantitative estimate of drug-likeness (QED) is 0.736. The van der Waals surface area contributed by atoms with E-state index < -0.39 is 0 Å². The topological polar surface area (TPSA) is 75.2 Å². The van der Waals surface area contributed by atoms with Crippen molar-refractivity contribution in [1.29, 1.82) is 0 Å². The van der Waals surface area contributed by atoms with Crippen LogP contribution in [-0.4, -0.2) is 46.3 Å². The van der Waals surface area contributed by atoms with Gasteiger partial charge in [0.05, 0.1) is 6.42 Å². The zero-order valence-corrected chi connectivity index (χ0v) is 19.0. The van der Waals surface area contributed by atoms with Gasteiger partial charge in [-0.2, -0.15) is 0 Å². The van der Waals surface area contributed by atoms with Gasteiger partial charge in [-0.25, -0.2) is 9.97 Å². The number of nitrogens with zero attached hydrogens (tertiary/aromatic N) is 3. The average Bonchev–Trinajstić information content (AvgIpc) is 2.75. The number of nitrogens with one attached hydrogen (secondary N) is 1. The predicted molar refractivity (Wildman–Crippen MR) is 118 cm³/mol. The third kappa shape index (κ3) is 6.02. The van der Waals surface area contributed by atoms with E-state index in [9.17, 15) is 9.59 Å². The minimum absolute atomic E-state index is 0.0246. The van der Waals surface area contributed by atoms with E-state index in [1.807, 2.05) is 25.7 Å². The smallest absolute Gasteiger partial charge is 0.224 e. The molecule has 1 saturated heterocycles. The molecule has 1 unspecified atom stereocenters. The largest absolute Gasteiger partial charge is 0.356 e. The Morgan fingerprint density at radius 1 is 1.03 bits per heavy atom. The summed E-state index contributed by atoms with van der Waals surface area (Å²) in [6.07, 6.45) is 10.3. The minimum Gasteiger partial charge on any atom is -0.356 e. The molecule has 30 heavy (non-hydrogen) atoms. The zero-order chi connectivity index (χ0) is 21.5. The molecule has 1 saturated carbocycles. The number of aryl methyl sites for hydroxylation is 2. The van der Waals surface area contributed by atoms with Gasteiger partial charge in [0.15, 0.2) is 0 Å². The van der Waals surface area contributed by atoms with E-state index >= 15 is 0 Å². The van der Waals surface area contributed by atoms with Crippen molar-refractivity contribution < 1.29 is 9.59 Å². The highest BCUT2D eigenvalue weighted by atomic mass is 16.2. The van der Waals surface area contributed by atoms with Crippen LogP contribution in [0.1, 0.15) is 93.4 Å². The van der Waals surface area contributed by atoms with Gasteiger partial charge >= 0.3 is 0 Å². The van der Waals surface area contributed by atoms with E-state index in [0.717, 1.165) is 55.1 Å². The van der Waals surface area contributed by atoms with Crippen molar-refractivity contribution in [3.8, 4) is 0 Å². The van der Waals surface area contributed by atoms with Crippen LogP contribution in [0.15, 0.2) is 0 Å². The first-order chi connectivity index (χ1) is 14.5. The molecule has 6 heteroatoms. The highest BCUT2D eigenvalue weighted by Crippen LogP contribution is 2.30. The van der Waals surface area contributed by atoms with Gasteiger partial charge in [0.2, 0.25) is 11.8 Å². The van der Waals surface area contributed by atoms with Crippen molar-refractivity contribution in [3.63, 3.8) is 0 Å². The molecular weight excluding hydrogens is 376 g/mol. The van der Waals surface area contributed by atoms with Gasteiger partial charge in [0.25, 0.3) is 0 Å². The van der Waals surface area contributed by atoms with Crippen LogP contribution in [0.25, 0.3) is 0 Å². The van der Waals surface area contributed by atoms with E-state index in [4.69, 9.17) is 9.97 Å². The molecule has 2 fully saturated rings. The third-order valence-corrected chi connectivity index (χ3v) is 6.67. The number of carbonyl (C=O) groups excluding carboxylic acids is 2. The second-order valence-electron chi connectivity index (χ2n) is 9.14. The Bertz CT molecular complexity index is 720. The number of hydrogen-bond acceptors (Lipinski definition) is 4. The highest BCUT2D eigenvalue weighted by Gasteiger charge is 2.29. The van der Waals surface area contributed by atoms with E-state index in [0.29, 0.717) is 31.2 Å². The average molecular weight is 415 g/mol. The van der Waals surface area contributed by atoms with Crippen LogP contribution < -0.4 is 5.32 Å². The molecule has 1 aliphatic carbocycles. The molecule has 0 aromatic carbocycles. The van der Waals surface area contributed by atoms with Gasteiger partial charge in [0, 0.05) is 48.9 Å². The molecule has 0 bridgehead atoms. The molecule has 0 radical (unpaired) electrons. The second-order valence-corrected chi connectivity index (χ2v) is 9.14. The van der Waals surface area contributed by atoms with Crippen LogP contribution >= 0.6 is 0 Å². The summed E-state index contributed by atoms with van der Waals surface area (Å²) in [5, 5.41) is 2.93. The van der Waals surface area contributed by atoms with Crippen LogP contribution in [0.2, 0.25) is 0 Å².